The van der Waals surface area contributed by atoms with Crippen molar-refractivity contribution in [1.82, 2.24) is 0 Å². The van der Waals surface area contributed by atoms with Crippen molar-refractivity contribution < 1.29 is 9.59 Å². The molecule has 3 aromatic rings. The van der Waals surface area contributed by atoms with E-state index in [-0.39, 0.29) is 11.1 Å². The Balaban J connectivity index is 1.48. The van der Waals surface area contributed by atoms with Crippen LogP contribution in [0.1, 0.15) is 6.92 Å². The molecule has 0 unspecified atom stereocenters. The highest BCUT2D eigenvalue weighted by atomic mass is 32.2. The summed E-state index contributed by atoms with van der Waals surface area (Å²) in [6.45, 7) is 2.94. The molecule has 1 fully saturated rings. The molecule has 6 heteroatoms. The number of allylic oxidation sites excluding steroid dienone is 2. The minimum Gasteiger partial charge on any atom is -0.335 e. The number of hydrogen-bond donors (Lipinski definition) is 0. The van der Waals surface area contributed by atoms with Crippen molar-refractivity contribution in [2.45, 2.75) is 11.8 Å². The number of fused-ring (bicyclic) bond motifs is 3. The Hall–Kier alpha value is -2.96. The molecule has 2 aliphatic rings. The van der Waals surface area contributed by atoms with Crippen molar-refractivity contribution in [1.29, 1.82) is 0 Å². The lowest BCUT2D eigenvalue weighted by molar-refractivity contribution is -0.113. The van der Waals surface area contributed by atoms with Gasteiger partial charge in [-0.05, 0) is 59.8 Å². The predicted molar refractivity (Wildman–Crippen MR) is 126 cm³/mol. The third-order valence-corrected chi connectivity index (χ3v) is 7.21. The Morgan fingerprint density at radius 2 is 1.63 bits per heavy atom. The Bertz CT molecular complexity index is 1230. The van der Waals surface area contributed by atoms with Gasteiger partial charge in [0.15, 0.2) is 0 Å². The fourth-order valence-corrected chi connectivity index (χ4v) is 5.75. The first-order valence-electron chi connectivity index (χ1n) is 9.68. The van der Waals surface area contributed by atoms with Gasteiger partial charge in [0.2, 0.25) is 0 Å². The van der Waals surface area contributed by atoms with Gasteiger partial charge in [-0.1, -0.05) is 60.3 Å². The first-order chi connectivity index (χ1) is 14.7. The van der Waals surface area contributed by atoms with Crippen LogP contribution in [-0.4, -0.2) is 17.7 Å². The van der Waals surface area contributed by atoms with Gasteiger partial charge >= 0.3 is 0 Å². The van der Waals surface area contributed by atoms with Crippen molar-refractivity contribution in [3.05, 3.63) is 88.8 Å². The molecular weight excluding hydrogens is 412 g/mol. The Kier molecular flexibility index (Phi) is 4.89. The molecule has 0 radical (unpaired) electrons. The van der Waals surface area contributed by atoms with Crippen LogP contribution in [0.25, 0.3) is 10.8 Å². The molecule has 3 aromatic carbocycles. The molecule has 2 heterocycles. The number of hydrogen-bond acceptors (Lipinski definition) is 5. The zero-order chi connectivity index (χ0) is 20.7. The second-order valence-corrected chi connectivity index (χ2v) is 8.89. The Labute approximate surface area is 183 Å². The maximum Gasteiger partial charge on any atom is 0.298 e. The van der Waals surface area contributed by atoms with Crippen molar-refractivity contribution in [2.75, 3.05) is 16.3 Å². The largest absolute Gasteiger partial charge is 0.335 e. The van der Waals surface area contributed by atoms with Crippen LogP contribution in [0.3, 0.4) is 0 Å². The van der Waals surface area contributed by atoms with Gasteiger partial charge in [0, 0.05) is 11.4 Å². The normalized spacial score (nSPS) is 18.8. The van der Waals surface area contributed by atoms with Crippen molar-refractivity contribution in [3.63, 3.8) is 0 Å². The smallest absolute Gasteiger partial charge is 0.298 e. The third-order valence-electron chi connectivity index (χ3n) is 5.12. The zero-order valence-electron chi connectivity index (χ0n) is 16.2. The summed E-state index contributed by atoms with van der Waals surface area (Å²) < 4.78 is 0. The van der Waals surface area contributed by atoms with Gasteiger partial charge in [0.25, 0.3) is 11.1 Å². The van der Waals surface area contributed by atoms with Crippen LogP contribution in [0, 0.1) is 0 Å². The standard InChI is InChI=1S/C24H18N2O2S2/c1-2-25-19-13-12-16-8-6-7-11-18(16)22(19)30-21(25)15-14-20-23(27)26(24(28)29-20)17-9-4-3-5-10-17/h3-15H,2H2,1H3/b20-14+,21-15-. The summed E-state index contributed by atoms with van der Waals surface area (Å²) in [4.78, 5) is 30.4. The van der Waals surface area contributed by atoms with Gasteiger partial charge in [-0.15, -0.1) is 0 Å². The van der Waals surface area contributed by atoms with Gasteiger partial charge in [0.05, 0.1) is 21.3 Å². The highest BCUT2D eigenvalue weighted by molar-refractivity contribution is 8.18. The molecule has 0 N–H and O–H groups in total. The summed E-state index contributed by atoms with van der Waals surface area (Å²) in [5.41, 5.74) is 1.78. The molecule has 0 atom stereocenters. The monoisotopic (exact) mass is 430 g/mol. The highest BCUT2D eigenvalue weighted by Crippen LogP contribution is 2.49. The molecular formula is C24H18N2O2S2. The van der Waals surface area contributed by atoms with E-state index in [1.165, 1.54) is 26.3 Å². The summed E-state index contributed by atoms with van der Waals surface area (Å²) in [5, 5.41) is 3.23. The molecule has 0 saturated carbocycles. The van der Waals surface area contributed by atoms with Crippen LogP contribution in [0.2, 0.25) is 0 Å². The van der Waals surface area contributed by atoms with Gasteiger partial charge < -0.3 is 4.90 Å². The summed E-state index contributed by atoms with van der Waals surface area (Å²) in [6, 6.07) is 21.7. The fraction of sp³-hybridized carbons (Fsp3) is 0.0833. The first-order valence-corrected chi connectivity index (χ1v) is 11.3. The molecule has 148 valence electrons. The van der Waals surface area contributed by atoms with Crippen LogP contribution in [0.5, 0.6) is 0 Å². The topological polar surface area (TPSA) is 40.6 Å². The van der Waals surface area contributed by atoms with E-state index in [1.54, 1.807) is 30.0 Å². The van der Waals surface area contributed by atoms with E-state index in [9.17, 15) is 9.59 Å². The number of amides is 2. The SMILES string of the molecule is CCN1/C(=C/C=C2/SC(=O)N(c3ccccc3)C2=O)Sc2c1ccc1ccccc21. The van der Waals surface area contributed by atoms with Crippen LogP contribution in [-0.2, 0) is 4.79 Å². The number of benzene rings is 3. The molecule has 1 saturated heterocycles. The molecule has 0 aromatic heterocycles. The second-order valence-electron chi connectivity index (χ2n) is 6.86. The van der Waals surface area contributed by atoms with E-state index in [2.05, 4.69) is 42.2 Å². The molecule has 2 aliphatic heterocycles. The highest BCUT2D eigenvalue weighted by Gasteiger charge is 2.36. The first kappa shape index (κ1) is 19.0. The lowest BCUT2D eigenvalue weighted by atomic mass is 10.1. The number of nitrogens with zero attached hydrogens (tertiary/aromatic N) is 2. The summed E-state index contributed by atoms with van der Waals surface area (Å²) in [7, 11) is 0. The average molecular weight is 431 g/mol. The second kappa shape index (κ2) is 7.70. The summed E-state index contributed by atoms with van der Waals surface area (Å²) >= 11 is 2.69. The van der Waals surface area contributed by atoms with Crippen molar-refractivity contribution in [3.8, 4) is 0 Å². The van der Waals surface area contributed by atoms with Crippen LogP contribution in [0.15, 0.2) is 93.7 Å². The van der Waals surface area contributed by atoms with Crippen molar-refractivity contribution in [2.24, 2.45) is 0 Å². The predicted octanol–water partition coefficient (Wildman–Crippen LogP) is 6.40. The van der Waals surface area contributed by atoms with Gasteiger partial charge in [0.1, 0.15) is 0 Å². The van der Waals surface area contributed by atoms with Gasteiger partial charge in [-0.2, -0.15) is 0 Å². The number of carbonyl (C=O) groups is 2. The zero-order valence-corrected chi connectivity index (χ0v) is 17.9. The number of anilines is 2. The Morgan fingerprint density at radius 1 is 0.867 bits per heavy atom. The van der Waals surface area contributed by atoms with Crippen LogP contribution < -0.4 is 9.80 Å². The number of thioether (sulfide) groups is 2. The van der Waals surface area contributed by atoms with E-state index in [0.29, 0.717) is 10.6 Å². The summed E-state index contributed by atoms with van der Waals surface area (Å²) in [6.07, 6.45) is 3.72. The molecule has 0 spiro atoms. The van der Waals surface area contributed by atoms with Crippen LogP contribution >= 0.6 is 23.5 Å². The lowest BCUT2D eigenvalue weighted by Gasteiger charge is -2.17. The van der Waals surface area contributed by atoms with E-state index < -0.39 is 0 Å². The number of carbonyl (C=O) groups excluding carboxylic acids is 2. The number of rotatable bonds is 3. The summed E-state index contributed by atoms with van der Waals surface area (Å²) in [5.74, 6) is -0.276. The quantitative estimate of drug-likeness (QED) is 0.450. The van der Waals surface area contributed by atoms with Gasteiger partial charge in [-0.3, -0.25) is 9.59 Å². The van der Waals surface area contributed by atoms with Gasteiger partial charge in [-0.25, -0.2) is 4.90 Å². The average Bonchev–Trinajstić information content (AvgIpc) is 3.28. The molecule has 30 heavy (non-hydrogen) atoms. The maximum absolute atomic E-state index is 12.8. The Morgan fingerprint density at radius 3 is 2.43 bits per heavy atom. The molecule has 0 bridgehead atoms. The molecule has 2 amide bonds. The van der Waals surface area contributed by atoms with E-state index in [4.69, 9.17) is 0 Å². The maximum atomic E-state index is 12.8. The minimum atomic E-state index is -0.276. The number of imide groups is 1. The molecule has 5 rings (SSSR count). The van der Waals surface area contributed by atoms with Crippen molar-refractivity contribution >= 4 is 56.8 Å². The molecule has 4 nitrogen and oxygen atoms in total. The third kappa shape index (κ3) is 3.13. The molecule has 0 aliphatic carbocycles. The fourth-order valence-electron chi connectivity index (χ4n) is 3.71. The van der Waals surface area contributed by atoms with E-state index in [1.807, 2.05) is 30.3 Å². The van der Waals surface area contributed by atoms with Crippen LogP contribution in [0.4, 0.5) is 16.2 Å². The van der Waals surface area contributed by atoms with E-state index >= 15 is 0 Å². The number of para-hydroxylation sites is 1. The minimum absolute atomic E-state index is 0.267. The van der Waals surface area contributed by atoms with E-state index in [0.717, 1.165) is 23.3 Å². The lowest BCUT2D eigenvalue weighted by Crippen LogP contribution is -2.27.